The van der Waals surface area contributed by atoms with Crippen LogP contribution in [0.4, 0.5) is 17.1 Å². The van der Waals surface area contributed by atoms with E-state index in [0.29, 0.717) is 12.2 Å². The minimum Gasteiger partial charge on any atom is -0.354 e. The molecule has 32 heavy (non-hydrogen) atoms. The molecule has 3 N–H and O–H groups in total. The van der Waals surface area contributed by atoms with Gasteiger partial charge in [0.25, 0.3) is 0 Å². The van der Waals surface area contributed by atoms with Gasteiger partial charge in [0.05, 0.1) is 18.8 Å². The van der Waals surface area contributed by atoms with Crippen LogP contribution in [0.3, 0.4) is 0 Å². The van der Waals surface area contributed by atoms with Gasteiger partial charge in [-0.15, -0.1) is 0 Å². The number of nitrogens with zero attached hydrogens (tertiary/aromatic N) is 4. The van der Waals surface area contributed by atoms with Crippen molar-refractivity contribution < 1.29 is 4.79 Å². The fourth-order valence-electron chi connectivity index (χ4n) is 4.24. The van der Waals surface area contributed by atoms with E-state index in [4.69, 9.17) is 12.3 Å². The molecule has 1 fully saturated rings. The first-order valence-corrected chi connectivity index (χ1v) is 12.0. The summed E-state index contributed by atoms with van der Waals surface area (Å²) in [5.41, 5.74) is 8.39. The molecule has 0 aromatic heterocycles. The quantitative estimate of drug-likeness (QED) is 0.603. The van der Waals surface area contributed by atoms with E-state index in [2.05, 4.69) is 55.2 Å². The molecule has 1 amide bonds. The van der Waals surface area contributed by atoms with Gasteiger partial charge in [-0.05, 0) is 31.2 Å². The SMILES string of the molecule is [C-]#[N+]c1ccc2c(c1)N(CCCN1CCN(CCNC(=O)CN)CC1)c1ccccc1S2. The van der Waals surface area contributed by atoms with E-state index in [9.17, 15) is 4.79 Å². The Kier molecular flexibility index (Phi) is 7.66. The van der Waals surface area contributed by atoms with Crippen LogP contribution in [0.5, 0.6) is 0 Å². The average Bonchev–Trinajstić information content (AvgIpc) is 2.84. The van der Waals surface area contributed by atoms with Gasteiger partial charge < -0.3 is 20.9 Å². The average molecular weight is 451 g/mol. The maximum atomic E-state index is 11.3. The van der Waals surface area contributed by atoms with Crippen LogP contribution in [-0.2, 0) is 4.79 Å². The predicted octanol–water partition coefficient (Wildman–Crippen LogP) is 2.92. The number of nitrogens with two attached hydrogens (primary N) is 1. The van der Waals surface area contributed by atoms with E-state index in [1.165, 1.54) is 15.5 Å². The normalized spacial score (nSPS) is 16.2. The van der Waals surface area contributed by atoms with Crippen LogP contribution in [0, 0.1) is 6.57 Å². The summed E-state index contributed by atoms with van der Waals surface area (Å²) in [6.07, 6.45) is 1.06. The number of benzene rings is 2. The summed E-state index contributed by atoms with van der Waals surface area (Å²) >= 11 is 1.78. The van der Waals surface area contributed by atoms with Gasteiger partial charge >= 0.3 is 0 Å². The van der Waals surface area contributed by atoms with Crippen molar-refractivity contribution in [2.75, 3.05) is 63.8 Å². The molecule has 7 nitrogen and oxygen atoms in total. The number of carbonyl (C=O) groups is 1. The zero-order chi connectivity index (χ0) is 22.3. The number of piperazine rings is 1. The minimum absolute atomic E-state index is 0.0532. The third kappa shape index (κ3) is 5.43. The van der Waals surface area contributed by atoms with E-state index in [0.717, 1.165) is 57.9 Å². The minimum atomic E-state index is -0.0913. The van der Waals surface area contributed by atoms with Crippen molar-refractivity contribution in [3.8, 4) is 0 Å². The van der Waals surface area contributed by atoms with E-state index >= 15 is 0 Å². The third-order valence-corrected chi connectivity index (χ3v) is 7.13. The first-order chi connectivity index (χ1) is 15.7. The van der Waals surface area contributed by atoms with Gasteiger partial charge in [0.2, 0.25) is 5.91 Å². The highest BCUT2D eigenvalue weighted by Gasteiger charge is 2.24. The van der Waals surface area contributed by atoms with Crippen LogP contribution in [0.2, 0.25) is 0 Å². The Balaban J connectivity index is 1.30. The predicted molar refractivity (Wildman–Crippen MR) is 130 cm³/mol. The number of hydrogen-bond donors (Lipinski definition) is 2. The molecule has 0 aliphatic carbocycles. The van der Waals surface area contributed by atoms with Gasteiger partial charge in [0, 0.05) is 61.3 Å². The van der Waals surface area contributed by atoms with Crippen molar-refractivity contribution in [1.82, 2.24) is 15.1 Å². The van der Waals surface area contributed by atoms with E-state index in [1.54, 1.807) is 11.8 Å². The first-order valence-electron chi connectivity index (χ1n) is 11.2. The molecule has 168 valence electrons. The van der Waals surface area contributed by atoms with Crippen LogP contribution in [0.1, 0.15) is 6.42 Å². The molecule has 1 saturated heterocycles. The Morgan fingerprint density at radius 2 is 1.72 bits per heavy atom. The molecule has 0 bridgehead atoms. The van der Waals surface area contributed by atoms with E-state index in [1.807, 2.05) is 12.1 Å². The van der Waals surface area contributed by atoms with Crippen molar-refractivity contribution in [2.45, 2.75) is 16.2 Å². The Morgan fingerprint density at radius 3 is 2.47 bits per heavy atom. The molecule has 2 aromatic rings. The second-order valence-corrected chi connectivity index (χ2v) is 9.16. The summed E-state index contributed by atoms with van der Waals surface area (Å²) in [4.78, 5) is 24.7. The van der Waals surface area contributed by atoms with Gasteiger partial charge in [-0.2, -0.15) is 0 Å². The molecule has 0 saturated carbocycles. The smallest absolute Gasteiger partial charge is 0.233 e. The topological polar surface area (TPSA) is 69.2 Å². The molecule has 4 rings (SSSR count). The summed E-state index contributed by atoms with van der Waals surface area (Å²) in [7, 11) is 0. The molecule has 0 atom stereocenters. The number of hydrogen-bond acceptors (Lipinski definition) is 6. The number of nitrogens with one attached hydrogen (secondary N) is 1. The van der Waals surface area contributed by atoms with Crippen LogP contribution < -0.4 is 16.0 Å². The second kappa shape index (κ2) is 10.8. The monoisotopic (exact) mass is 450 g/mol. The van der Waals surface area contributed by atoms with Crippen LogP contribution in [0.15, 0.2) is 52.3 Å². The highest BCUT2D eigenvalue weighted by molar-refractivity contribution is 7.99. The standard InChI is InChI=1S/C24H30N6OS/c1-26-19-7-8-23-21(17-19)30(20-5-2-3-6-22(20)32-23)11-4-10-28-13-15-29(16-14-28)12-9-27-24(31)18-25/h2-3,5-8,17H,4,9-16,18,25H2,(H,27,31). The fourth-order valence-corrected chi connectivity index (χ4v) is 5.32. The lowest BCUT2D eigenvalue weighted by Gasteiger charge is -2.36. The zero-order valence-electron chi connectivity index (χ0n) is 18.3. The van der Waals surface area contributed by atoms with Crippen molar-refractivity contribution in [3.63, 3.8) is 0 Å². The summed E-state index contributed by atoms with van der Waals surface area (Å²) in [5.74, 6) is -0.0913. The molecule has 8 heteroatoms. The number of anilines is 2. The summed E-state index contributed by atoms with van der Waals surface area (Å²) < 4.78 is 0. The van der Waals surface area contributed by atoms with Crippen molar-refractivity contribution in [2.24, 2.45) is 5.73 Å². The van der Waals surface area contributed by atoms with Crippen LogP contribution in [0.25, 0.3) is 4.85 Å². The number of fused-ring (bicyclic) bond motifs is 2. The lowest BCUT2D eigenvalue weighted by atomic mass is 10.2. The number of amides is 1. The van der Waals surface area contributed by atoms with Gasteiger partial charge in [-0.3, -0.25) is 9.69 Å². The van der Waals surface area contributed by atoms with Crippen molar-refractivity contribution in [1.29, 1.82) is 0 Å². The summed E-state index contributed by atoms with van der Waals surface area (Å²) in [6.45, 7) is 15.1. The van der Waals surface area contributed by atoms with Gasteiger partial charge in [-0.1, -0.05) is 36.0 Å². The largest absolute Gasteiger partial charge is 0.354 e. The maximum absolute atomic E-state index is 11.3. The Hall–Kier alpha value is -2.57. The number of para-hydroxylation sites is 1. The number of carbonyl (C=O) groups excluding carboxylic acids is 1. The zero-order valence-corrected chi connectivity index (χ0v) is 19.1. The Labute approximate surface area is 194 Å². The molecule has 2 aliphatic rings. The second-order valence-electron chi connectivity index (χ2n) is 8.08. The van der Waals surface area contributed by atoms with Gasteiger partial charge in [0.15, 0.2) is 5.69 Å². The Bertz CT molecular complexity index is 983. The summed E-state index contributed by atoms with van der Waals surface area (Å²) in [6, 6.07) is 14.5. The Morgan fingerprint density at radius 1 is 1.00 bits per heavy atom. The highest BCUT2D eigenvalue weighted by atomic mass is 32.2. The van der Waals surface area contributed by atoms with E-state index < -0.39 is 0 Å². The highest BCUT2D eigenvalue weighted by Crippen LogP contribution is 2.49. The van der Waals surface area contributed by atoms with Crippen molar-refractivity contribution in [3.05, 3.63) is 53.9 Å². The molecule has 2 aromatic carbocycles. The first kappa shape index (κ1) is 22.6. The van der Waals surface area contributed by atoms with Gasteiger partial charge in [-0.25, -0.2) is 4.85 Å². The van der Waals surface area contributed by atoms with Crippen LogP contribution >= 0.6 is 11.8 Å². The summed E-state index contributed by atoms with van der Waals surface area (Å²) in [5, 5.41) is 2.84. The third-order valence-electron chi connectivity index (χ3n) is 5.99. The fraction of sp³-hybridized carbons (Fsp3) is 0.417. The molecule has 0 unspecified atom stereocenters. The molecule has 0 spiro atoms. The molecule has 0 radical (unpaired) electrons. The lowest BCUT2D eigenvalue weighted by molar-refractivity contribution is -0.119. The molecule has 2 aliphatic heterocycles. The lowest BCUT2D eigenvalue weighted by Crippen LogP contribution is -2.49. The van der Waals surface area contributed by atoms with Gasteiger partial charge in [0.1, 0.15) is 0 Å². The van der Waals surface area contributed by atoms with Crippen LogP contribution in [-0.4, -0.2) is 74.6 Å². The maximum Gasteiger partial charge on any atom is 0.233 e. The van der Waals surface area contributed by atoms with E-state index in [-0.39, 0.29) is 12.5 Å². The molecular formula is C24H30N6OS. The van der Waals surface area contributed by atoms with Crippen molar-refractivity contribution >= 4 is 34.7 Å². The molecular weight excluding hydrogens is 420 g/mol. The number of rotatable bonds is 8. The molecule has 2 heterocycles.